The summed E-state index contributed by atoms with van der Waals surface area (Å²) in [5.41, 5.74) is -0.0446. The highest BCUT2D eigenvalue weighted by Gasteiger charge is 2.25. The Morgan fingerprint density at radius 3 is 2.59 bits per heavy atom. The molecule has 0 aromatic carbocycles. The maximum Gasteiger partial charge on any atom is 0.353 e. The number of anilines is 2. The Balaban J connectivity index is 2.12. The van der Waals surface area contributed by atoms with Crippen molar-refractivity contribution in [1.82, 2.24) is 9.97 Å². The average molecular weight is 307 g/mol. The molecule has 7 heteroatoms. The van der Waals surface area contributed by atoms with Gasteiger partial charge in [-0.2, -0.15) is 0 Å². The Labute approximate surface area is 131 Å². The summed E-state index contributed by atoms with van der Waals surface area (Å²) in [6.45, 7) is 4.90. The van der Waals surface area contributed by atoms with Crippen molar-refractivity contribution in [3.63, 3.8) is 0 Å². The van der Waals surface area contributed by atoms with E-state index in [0.717, 1.165) is 32.1 Å². The molecule has 1 heterocycles. The quantitative estimate of drug-likeness (QED) is 0.590. The molecule has 122 valence electrons. The summed E-state index contributed by atoms with van der Waals surface area (Å²) >= 11 is 0. The molecule has 1 aromatic heterocycles. The molecule has 1 fully saturated rings. The molecule has 7 nitrogen and oxygen atoms in total. The first-order valence-corrected chi connectivity index (χ1v) is 8.07. The minimum atomic E-state index is -0.400. The highest BCUT2D eigenvalue weighted by molar-refractivity contribution is 5.69. The van der Waals surface area contributed by atoms with Crippen LogP contribution in [0.2, 0.25) is 0 Å². The summed E-state index contributed by atoms with van der Waals surface area (Å²) in [5, 5.41) is 17.7. The summed E-state index contributed by atoms with van der Waals surface area (Å²) in [7, 11) is 0. The van der Waals surface area contributed by atoms with Crippen LogP contribution >= 0.6 is 0 Å². The molecule has 2 rings (SSSR count). The Bertz CT molecular complexity index is 501. The van der Waals surface area contributed by atoms with E-state index in [1.165, 1.54) is 12.7 Å². The molecule has 0 saturated heterocycles. The van der Waals surface area contributed by atoms with Gasteiger partial charge >= 0.3 is 5.69 Å². The van der Waals surface area contributed by atoms with Crippen LogP contribution in [0.15, 0.2) is 6.33 Å². The van der Waals surface area contributed by atoms with Crippen LogP contribution in [0.3, 0.4) is 0 Å². The van der Waals surface area contributed by atoms with Crippen LogP contribution in [0.5, 0.6) is 0 Å². The van der Waals surface area contributed by atoms with Crippen LogP contribution in [0.25, 0.3) is 0 Å². The molecule has 0 atom stereocenters. The number of hydrogen-bond donors (Lipinski definition) is 2. The maximum atomic E-state index is 11.4. The van der Waals surface area contributed by atoms with Crippen LogP contribution in [-0.4, -0.2) is 27.5 Å². The van der Waals surface area contributed by atoms with E-state index in [-0.39, 0.29) is 11.7 Å². The second kappa shape index (κ2) is 7.91. The van der Waals surface area contributed by atoms with E-state index in [4.69, 9.17) is 0 Å². The predicted molar refractivity (Wildman–Crippen MR) is 87.1 cm³/mol. The normalized spacial score (nSPS) is 15.8. The standard InChI is InChI=1S/C15H25N5O2/c1-11(2)8-9-16-14-13(20(21)22)15(18-10-17-14)19-12-6-4-3-5-7-12/h10-12H,3-9H2,1-2H3,(H2,16,17,18,19). The van der Waals surface area contributed by atoms with E-state index in [9.17, 15) is 10.1 Å². The second-order valence-corrected chi connectivity index (χ2v) is 6.27. The zero-order chi connectivity index (χ0) is 15.9. The van der Waals surface area contributed by atoms with Crippen molar-refractivity contribution in [1.29, 1.82) is 0 Å². The lowest BCUT2D eigenvalue weighted by atomic mass is 9.95. The lowest BCUT2D eigenvalue weighted by Gasteiger charge is -2.23. The van der Waals surface area contributed by atoms with Gasteiger partial charge < -0.3 is 10.6 Å². The van der Waals surface area contributed by atoms with E-state index in [1.54, 1.807) is 0 Å². The fourth-order valence-electron chi connectivity index (χ4n) is 2.71. The van der Waals surface area contributed by atoms with Crippen molar-refractivity contribution in [3.05, 3.63) is 16.4 Å². The van der Waals surface area contributed by atoms with Gasteiger partial charge in [-0.05, 0) is 25.2 Å². The van der Waals surface area contributed by atoms with Crippen LogP contribution in [0.4, 0.5) is 17.3 Å². The first-order valence-electron chi connectivity index (χ1n) is 8.07. The third kappa shape index (κ3) is 4.54. The predicted octanol–water partition coefficient (Wildman–Crippen LogP) is 3.59. The summed E-state index contributed by atoms with van der Waals surface area (Å²) in [5.74, 6) is 1.17. The number of aromatic nitrogens is 2. The average Bonchev–Trinajstić information content (AvgIpc) is 2.48. The lowest BCUT2D eigenvalue weighted by Crippen LogP contribution is -2.24. The molecule has 1 aromatic rings. The Kier molecular flexibility index (Phi) is 5.91. The summed E-state index contributed by atoms with van der Waals surface area (Å²) in [4.78, 5) is 19.2. The monoisotopic (exact) mass is 307 g/mol. The van der Waals surface area contributed by atoms with Gasteiger partial charge in [0.1, 0.15) is 6.33 Å². The molecule has 0 unspecified atom stereocenters. The highest BCUT2D eigenvalue weighted by Crippen LogP contribution is 2.31. The molecule has 0 amide bonds. The third-order valence-electron chi connectivity index (χ3n) is 3.96. The number of nitro groups is 1. The molecule has 1 aliphatic carbocycles. The van der Waals surface area contributed by atoms with Crippen LogP contribution in [0, 0.1) is 16.0 Å². The third-order valence-corrected chi connectivity index (χ3v) is 3.96. The first-order chi connectivity index (χ1) is 10.6. The van der Waals surface area contributed by atoms with Crippen LogP contribution < -0.4 is 10.6 Å². The zero-order valence-corrected chi connectivity index (χ0v) is 13.3. The second-order valence-electron chi connectivity index (χ2n) is 6.27. The van der Waals surface area contributed by atoms with Crippen molar-refractivity contribution >= 4 is 17.3 Å². The maximum absolute atomic E-state index is 11.4. The molecule has 0 spiro atoms. The minimum absolute atomic E-state index is 0.0446. The van der Waals surface area contributed by atoms with Crippen LogP contribution in [-0.2, 0) is 0 Å². The van der Waals surface area contributed by atoms with Gasteiger partial charge in [0.25, 0.3) is 0 Å². The van der Waals surface area contributed by atoms with Crippen molar-refractivity contribution in [3.8, 4) is 0 Å². The van der Waals surface area contributed by atoms with Gasteiger partial charge in [-0.3, -0.25) is 10.1 Å². The Hall–Kier alpha value is -1.92. The molecule has 0 radical (unpaired) electrons. The summed E-state index contributed by atoms with van der Waals surface area (Å²) < 4.78 is 0. The molecule has 1 saturated carbocycles. The van der Waals surface area contributed by atoms with Crippen molar-refractivity contribution < 1.29 is 4.92 Å². The fourth-order valence-corrected chi connectivity index (χ4v) is 2.71. The first kappa shape index (κ1) is 16.5. The molecular formula is C15H25N5O2. The van der Waals surface area contributed by atoms with E-state index in [0.29, 0.717) is 24.1 Å². The molecule has 2 N–H and O–H groups in total. The van der Waals surface area contributed by atoms with Crippen molar-refractivity contribution in [2.75, 3.05) is 17.2 Å². The van der Waals surface area contributed by atoms with E-state index < -0.39 is 4.92 Å². The van der Waals surface area contributed by atoms with Gasteiger partial charge in [0.05, 0.1) is 4.92 Å². The van der Waals surface area contributed by atoms with Gasteiger partial charge in [0.15, 0.2) is 0 Å². The number of rotatable bonds is 7. The smallest absolute Gasteiger partial charge is 0.353 e. The largest absolute Gasteiger partial charge is 0.364 e. The Morgan fingerprint density at radius 1 is 1.27 bits per heavy atom. The lowest BCUT2D eigenvalue weighted by molar-refractivity contribution is -0.383. The molecule has 22 heavy (non-hydrogen) atoms. The number of nitrogens with zero attached hydrogens (tertiary/aromatic N) is 3. The van der Waals surface area contributed by atoms with Crippen molar-refractivity contribution in [2.45, 2.75) is 58.4 Å². The Morgan fingerprint density at radius 2 is 1.95 bits per heavy atom. The molecular weight excluding hydrogens is 282 g/mol. The van der Waals surface area contributed by atoms with Crippen molar-refractivity contribution in [2.24, 2.45) is 5.92 Å². The van der Waals surface area contributed by atoms with Gasteiger partial charge in [-0.15, -0.1) is 0 Å². The van der Waals surface area contributed by atoms with E-state index >= 15 is 0 Å². The summed E-state index contributed by atoms with van der Waals surface area (Å²) in [6, 6.07) is 0.269. The minimum Gasteiger partial charge on any atom is -0.364 e. The molecule has 0 aliphatic heterocycles. The van der Waals surface area contributed by atoms with Gasteiger partial charge in [0, 0.05) is 12.6 Å². The topological polar surface area (TPSA) is 93.0 Å². The number of hydrogen-bond acceptors (Lipinski definition) is 6. The van der Waals surface area contributed by atoms with E-state index in [2.05, 4.69) is 34.4 Å². The summed E-state index contributed by atoms with van der Waals surface area (Å²) in [6.07, 6.45) is 7.97. The number of nitrogens with one attached hydrogen (secondary N) is 2. The van der Waals surface area contributed by atoms with E-state index in [1.807, 2.05) is 0 Å². The fraction of sp³-hybridized carbons (Fsp3) is 0.733. The zero-order valence-electron chi connectivity index (χ0n) is 13.3. The van der Waals surface area contributed by atoms with Crippen LogP contribution in [0.1, 0.15) is 52.4 Å². The SMILES string of the molecule is CC(C)CCNc1ncnc(NC2CCCCC2)c1[N+](=O)[O-]. The van der Waals surface area contributed by atoms with Gasteiger partial charge in [0.2, 0.25) is 11.6 Å². The molecule has 1 aliphatic rings. The van der Waals surface area contributed by atoms with Gasteiger partial charge in [-0.25, -0.2) is 9.97 Å². The van der Waals surface area contributed by atoms with Gasteiger partial charge in [-0.1, -0.05) is 33.1 Å². The highest BCUT2D eigenvalue weighted by atomic mass is 16.6. The molecule has 0 bridgehead atoms.